The lowest BCUT2D eigenvalue weighted by molar-refractivity contribution is 0.336. The highest BCUT2D eigenvalue weighted by atomic mass is 16.5. The Morgan fingerprint density at radius 2 is 2.20 bits per heavy atom. The SMILES string of the molecule is CCOc1c(C)c[nH]c1C. The fourth-order valence-electron chi connectivity index (χ4n) is 1.01. The van der Waals surface area contributed by atoms with Gasteiger partial charge in [0.05, 0.1) is 12.3 Å². The Labute approximate surface area is 61.2 Å². The molecule has 0 saturated carbocycles. The summed E-state index contributed by atoms with van der Waals surface area (Å²) in [5.41, 5.74) is 2.29. The molecule has 0 aliphatic carbocycles. The number of nitrogens with one attached hydrogen (secondary N) is 1. The van der Waals surface area contributed by atoms with Crippen LogP contribution in [0.15, 0.2) is 6.20 Å². The molecular formula is C8H13NO. The number of hydrogen-bond acceptors (Lipinski definition) is 1. The fraction of sp³-hybridized carbons (Fsp3) is 0.500. The lowest BCUT2D eigenvalue weighted by Gasteiger charge is -2.01. The van der Waals surface area contributed by atoms with Crippen molar-refractivity contribution in [3.63, 3.8) is 0 Å². The van der Waals surface area contributed by atoms with E-state index < -0.39 is 0 Å². The summed E-state index contributed by atoms with van der Waals surface area (Å²) < 4.78 is 5.38. The first-order valence-corrected chi connectivity index (χ1v) is 3.53. The Morgan fingerprint density at radius 1 is 1.50 bits per heavy atom. The van der Waals surface area contributed by atoms with Crippen LogP contribution >= 0.6 is 0 Å². The first-order chi connectivity index (χ1) is 4.75. The van der Waals surface area contributed by atoms with Crippen molar-refractivity contribution in [1.82, 2.24) is 4.98 Å². The van der Waals surface area contributed by atoms with Crippen molar-refractivity contribution >= 4 is 0 Å². The lowest BCUT2D eigenvalue weighted by Crippen LogP contribution is -1.92. The third-order valence-corrected chi connectivity index (χ3v) is 1.49. The molecule has 0 aliphatic rings. The van der Waals surface area contributed by atoms with Crippen LogP contribution in [-0.2, 0) is 0 Å². The number of aromatic nitrogens is 1. The van der Waals surface area contributed by atoms with E-state index in [9.17, 15) is 0 Å². The minimum Gasteiger partial charge on any atom is -0.492 e. The van der Waals surface area contributed by atoms with Crippen LogP contribution in [0, 0.1) is 13.8 Å². The molecule has 1 heterocycles. The van der Waals surface area contributed by atoms with Crippen molar-refractivity contribution < 1.29 is 4.74 Å². The molecule has 0 spiro atoms. The van der Waals surface area contributed by atoms with Crippen molar-refractivity contribution in [3.05, 3.63) is 17.5 Å². The zero-order valence-electron chi connectivity index (χ0n) is 6.69. The van der Waals surface area contributed by atoms with Crippen LogP contribution in [0.25, 0.3) is 0 Å². The number of rotatable bonds is 2. The maximum atomic E-state index is 5.38. The van der Waals surface area contributed by atoms with Gasteiger partial charge < -0.3 is 9.72 Å². The molecule has 10 heavy (non-hydrogen) atoms. The second kappa shape index (κ2) is 2.78. The van der Waals surface area contributed by atoms with Gasteiger partial charge in [0.15, 0.2) is 0 Å². The lowest BCUT2D eigenvalue weighted by atomic mass is 10.3. The Morgan fingerprint density at radius 3 is 2.60 bits per heavy atom. The molecule has 2 nitrogen and oxygen atoms in total. The van der Waals surface area contributed by atoms with E-state index in [1.54, 1.807) is 0 Å². The van der Waals surface area contributed by atoms with Crippen LogP contribution in [0.3, 0.4) is 0 Å². The zero-order chi connectivity index (χ0) is 7.56. The monoisotopic (exact) mass is 139 g/mol. The van der Waals surface area contributed by atoms with Gasteiger partial charge in [0.25, 0.3) is 0 Å². The van der Waals surface area contributed by atoms with E-state index in [1.165, 1.54) is 5.56 Å². The van der Waals surface area contributed by atoms with E-state index in [0.29, 0.717) is 0 Å². The first-order valence-electron chi connectivity index (χ1n) is 3.53. The standard InChI is InChI=1S/C8H13NO/c1-4-10-8-6(2)5-9-7(8)3/h5,9H,4H2,1-3H3. The van der Waals surface area contributed by atoms with Gasteiger partial charge in [-0.25, -0.2) is 0 Å². The van der Waals surface area contributed by atoms with Crippen LogP contribution in [0.5, 0.6) is 5.75 Å². The van der Waals surface area contributed by atoms with Gasteiger partial charge in [0.2, 0.25) is 0 Å². The quantitative estimate of drug-likeness (QED) is 0.666. The Kier molecular flexibility index (Phi) is 2.00. The summed E-state index contributed by atoms with van der Waals surface area (Å²) in [4.78, 5) is 3.10. The maximum absolute atomic E-state index is 5.38. The second-order valence-corrected chi connectivity index (χ2v) is 2.36. The molecule has 0 saturated heterocycles. The molecule has 0 unspecified atom stereocenters. The number of hydrogen-bond donors (Lipinski definition) is 1. The van der Waals surface area contributed by atoms with E-state index in [1.807, 2.05) is 27.0 Å². The summed E-state index contributed by atoms with van der Waals surface area (Å²) in [7, 11) is 0. The van der Waals surface area contributed by atoms with Gasteiger partial charge in [-0.3, -0.25) is 0 Å². The highest BCUT2D eigenvalue weighted by Crippen LogP contribution is 2.20. The molecule has 0 radical (unpaired) electrons. The first kappa shape index (κ1) is 7.19. The predicted octanol–water partition coefficient (Wildman–Crippen LogP) is 2.03. The van der Waals surface area contributed by atoms with Gasteiger partial charge in [0, 0.05) is 11.8 Å². The van der Waals surface area contributed by atoms with E-state index >= 15 is 0 Å². The molecule has 0 aromatic carbocycles. The largest absolute Gasteiger partial charge is 0.492 e. The minimum atomic E-state index is 0.736. The molecule has 0 bridgehead atoms. The smallest absolute Gasteiger partial charge is 0.142 e. The third kappa shape index (κ3) is 1.15. The van der Waals surface area contributed by atoms with Gasteiger partial charge in [-0.2, -0.15) is 0 Å². The van der Waals surface area contributed by atoms with E-state index in [2.05, 4.69) is 4.98 Å². The Hall–Kier alpha value is -0.920. The van der Waals surface area contributed by atoms with Crippen LogP contribution in [0.4, 0.5) is 0 Å². The number of H-pyrrole nitrogens is 1. The Bertz CT molecular complexity index is 196. The van der Waals surface area contributed by atoms with Crippen molar-refractivity contribution in [3.8, 4) is 5.75 Å². The average molecular weight is 139 g/mol. The molecule has 1 aromatic rings. The predicted molar refractivity (Wildman–Crippen MR) is 41.4 cm³/mol. The second-order valence-electron chi connectivity index (χ2n) is 2.36. The highest BCUT2D eigenvalue weighted by molar-refractivity contribution is 5.35. The van der Waals surface area contributed by atoms with Gasteiger partial charge in [-0.05, 0) is 20.8 Å². The van der Waals surface area contributed by atoms with Crippen molar-refractivity contribution in [1.29, 1.82) is 0 Å². The molecule has 0 fully saturated rings. The Balaban J connectivity index is 2.87. The maximum Gasteiger partial charge on any atom is 0.142 e. The molecule has 2 heteroatoms. The van der Waals surface area contributed by atoms with Crippen molar-refractivity contribution in [2.75, 3.05) is 6.61 Å². The summed E-state index contributed by atoms with van der Waals surface area (Å²) in [6, 6.07) is 0. The highest BCUT2D eigenvalue weighted by Gasteiger charge is 2.02. The van der Waals surface area contributed by atoms with Crippen LogP contribution in [0.1, 0.15) is 18.2 Å². The number of ether oxygens (including phenoxy) is 1. The minimum absolute atomic E-state index is 0.736. The summed E-state index contributed by atoms with van der Waals surface area (Å²) in [6.07, 6.45) is 1.96. The van der Waals surface area contributed by atoms with E-state index in [0.717, 1.165) is 18.1 Å². The van der Waals surface area contributed by atoms with Crippen LogP contribution in [-0.4, -0.2) is 11.6 Å². The number of aryl methyl sites for hydroxylation is 2. The van der Waals surface area contributed by atoms with Crippen LogP contribution in [0.2, 0.25) is 0 Å². The van der Waals surface area contributed by atoms with Crippen molar-refractivity contribution in [2.24, 2.45) is 0 Å². The molecule has 56 valence electrons. The van der Waals surface area contributed by atoms with E-state index in [-0.39, 0.29) is 0 Å². The topological polar surface area (TPSA) is 25.0 Å². The number of aromatic amines is 1. The molecular weight excluding hydrogens is 126 g/mol. The summed E-state index contributed by atoms with van der Waals surface area (Å²) in [5, 5.41) is 0. The molecule has 0 amide bonds. The van der Waals surface area contributed by atoms with Crippen molar-refractivity contribution in [2.45, 2.75) is 20.8 Å². The summed E-state index contributed by atoms with van der Waals surface area (Å²) in [6.45, 7) is 6.78. The summed E-state index contributed by atoms with van der Waals surface area (Å²) >= 11 is 0. The molecule has 1 aromatic heterocycles. The van der Waals surface area contributed by atoms with Crippen LogP contribution < -0.4 is 4.74 Å². The zero-order valence-corrected chi connectivity index (χ0v) is 6.69. The van der Waals surface area contributed by atoms with Gasteiger partial charge >= 0.3 is 0 Å². The molecule has 1 N–H and O–H groups in total. The van der Waals surface area contributed by atoms with E-state index in [4.69, 9.17) is 4.74 Å². The molecule has 1 rings (SSSR count). The molecule has 0 aliphatic heterocycles. The normalized spacial score (nSPS) is 9.90. The fourth-order valence-corrected chi connectivity index (χ4v) is 1.01. The van der Waals surface area contributed by atoms with Gasteiger partial charge in [-0.1, -0.05) is 0 Å². The van der Waals surface area contributed by atoms with Gasteiger partial charge in [-0.15, -0.1) is 0 Å². The average Bonchev–Trinajstić information content (AvgIpc) is 2.20. The third-order valence-electron chi connectivity index (χ3n) is 1.49. The summed E-state index contributed by atoms with van der Waals surface area (Å²) in [5.74, 6) is 1.00. The van der Waals surface area contributed by atoms with Gasteiger partial charge in [0.1, 0.15) is 5.75 Å². The molecule has 0 atom stereocenters.